The van der Waals surface area contributed by atoms with Gasteiger partial charge < -0.3 is 4.90 Å². The van der Waals surface area contributed by atoms with Crippen molar-refractivity contribution in [3.63, 3.8) is 0 Å². The van der Waals surface area contributed by atoms with Gasteiger partial charge in [0.15, 0.2) is 0 Å². The van der Waals surface area contributed by atoms with Crippen LogP contribution in [-0.2, 0) is 10.0 Å². The Labute approximate surface area is 143 Å². The second-order valence-electron chi connectivity index (χ2n) is 5.10. The molecule has 1 atom stereocenters. The van der Waals surface area contributed by atoms with Crippen molar-refractivity contribution in [1.29, 1.82) is 0 Å². The molecule has 1 aromatic carbocycles. The Morgan fingerprint density at radius 2 is 1.87 bits per heavy atom. The number of nitrogens with two attached hydrogens (primary N) is 1. The molecular weight excluding hydrogens is 382 g/mol. The highest BCUT2D eigenvalue weighted by Gasteiger charge is 2.20. The van der Waals surface area contributed by atoms with E-state index < -0.39 is 10.0 Å². The average molecular weight is 398 g/mol. The average Bonchev–Trinajstić information content (AvgIpc) is 2.52. The lowest BCUT2D eigenvalue weighted by Gasteiger charge is -2.25. The van der Waals surface area contributed by atoms with Crippen LogP contribution in [0.25, 0.3) is 0 Å². The van der Waals surface area contributed by atoms with Crippen LogP contribution < -0.4 is 5.14 Å². The molecular formula is C15H16BrN3O3S. The highest BCUT2D eigenvalue weighted by Crippen LogP contribution is 2.22. The molecule has 8 heteroatoms. The largest absolute Gasteiger partial charge is 0.335 e. The maximum absolute atomic E-state index is 12.5. The third-order valence-corrected chi connectivity index (χ3v) is 4.91. The van der Waals surface area contributed by atoms with E-state index in [9.17, 15) is 13.2 Å². The van der Waals surface area contributed by atoms with Crippen molar-refractivity contribution in [3.05, 3.63) is 58.3 Å². The summed E-state index contributed by atoms with van der Waals surface area (Å²) >= 11 is 3.29. The molecule has 2 rings (SSSR count). The quantitative estimate of drug-likeness (QED) is 0.856. The molecule has 1 heterocycles. The normalized spacial score (nSPS) is 12.7. The topological polar surface area (TPSA) is 93.4 Å². The van der Waals surface area contributed by atoms with E-state index >= 15 is 0 Å². The minimum absolute atomic E-state index is 0.0404. The van der Waals surface area contributed by atoms with Gasteiger partial charge in [-0.3, -0.25) is 9.78 Å². The second kappa shape index (κ2) is 6.77. The summed E-state index contributed by atoms with van der Waals surface area (Å²) in [7, 11) is -2.04. The Kier molecular flexibility index (Phi) is 5.18. The molecule has 0 radical (unpaired) electrons. The number of carbonyl (C=O) groups excluding carboxylic acids is 1. The monoisotopic (exact) mass is 397 g/mol. The van der Waals surface area contributed by atoms with Crippen LogP contribution >= 0.6 is 15.9 Å². The van der Waals surface area contributed by atoms with Crippen LogP contribution in [0.2, 0.25) is 0 Å². The van der Waals surface area contributed by atoms with Gasteiger partial charge in [0.05, 0.1) is 16.5 Å². The van der Waals surface area contributed by atoms with Gasteiger partial charge in [0, 0.05) is 23.9 Å². The van der Waals surface area contributed by atoms with Gasteiger partial charge in [-0.25, -0.2) is 13.6 Å². The fourth-order valence-electron chi connectivity index (χ4n) is 2.07. The van der Waals surface area contributed by atoms with Gasteiger partial charge in [0.25, 0.3) is 5.91 Å². The van der Waals surface area contributed by atoms with Crippen LogP contribution in [0.4, 0.5) is 0 Å². The number of halogens is 1. The summed E-state index contributed by atoms with van der Waals surface area (Å²) in [5.41, 5.74) is 1.27. The van der Waals surface area contributed by atoms with E-state index in [0.717, 1.165) is 10.0 Å². The number of nitrogens with zero attached hydrogens (tertiary/aromatic N) is 2. The molecule has 2 aromatic rings. The minimum atomic E-state index is -3.72. The van der Waals surface area contributed by atoms with Crippen molar-refractivity contribution < 1.29 is 13.2 Å². The van der Waals surface area contributed by atoms with Crippen LogP contribution in [0.3, 0.4) is 0 Å². The summed E-state index contributed by atoms with van der Waals surface area (Å²) in [6.07, 6.45) is 3.10. The Morgan fingerprint density at radius 3 is 2.39 bits per heavy atom. The number of hydrogen-bond donors (Lipinski definition) is 1. The molecule has 0 bridgehead atoms. The summed E-state index contributed by atoms with van der Waals surface area (Å²) in [5.74, 6) is -0.179. The molecule has 23 heavy (non-hydrogen) atoms. The molecule has 122 valence electrons. The number of aromatic nitrogens is 1. The Balaban J connectivity index is 2.22. The molecule has 2 N–H and O–H groups in total. The summed E-state index contributed by atoms with van der Waals surface area (Å²) in [6, 6.07) is 7.61. The van der Waals surface area contributed by atoms with E-state index in [1.54, 1.807) is 36.3 Å². The van der Waals surface area contributed by atoms with Gasteiger partial charge in [0.2, 0.25) is 10.0 Å². The number of carbonyl (C=O) groups is 1. The van der Waals surface area contributed by atoms with Gasteiger partial charge in [0.1, 0.15) is 0 Å². The summed E-state index contributed by atoms with van der Waals surface area (Å²) in [4.78, 5) is 18.1. The van der Waals surface area contributed by atoms with Crippen molar-refractivity contribution in [3.8, 4) is 0 Å². The van der Waals surface area contributed by atoms with Gasteiger partial charge >= 0.3 is 0 Å². The van der Waals surface area contributed by atoms with Crippen LogP contribution in [0.15, 0.2) is 52.1 Å². The van der Waals surface area contributed by atoms with Crippen molar-refractivity contribution in [2.45, 2.75) is 17.9 Å². The zero-order valence-electron chi connectivity index (χ0n) is 12.6. The molecule has 0 saturated heterocycles. The van der Waals surface area contributed by atoms with Gasteiger partial charge in [-0.2, -0.15) is 0 Å². The second-order valence-corrected chi connectivity index (χ2v) is 7.58. The first-order valence-corrected chi connectivity index (χ1v) is 9.04. The molecule has 0 spiro atoms. The van der Waals surface area contributed by atoms with E-state index in [2.05, 4.69) is 20.9 Å². The number of sulfonamides is 1. The standard InChI is InChI=1S/C15H16BrN3O3S/c1-10(11-3-5-14(6-4-11)23(17,21)22)19(2)15(20)12-7-13(16)9-18-8-12/h3-10H,1-2H3,(H2,17,21,22)/t10-/m0/s1. The number of primary sulfonamides is 1. The lowest BCUT2D eigenvalue weighted by molar-refractivity contribution is 0.0742. The summed E-state index contributed by atoms with van der Waals surface area (Å²) in [5, 5.41) is 5.08. The smallest absolute Gasteiger partial charge is 0.255 e. The third-order valence-electron chi connectivity index (χ3n) is 3.54. The van der Waals surface area contributed by atoms with Gasteiger partial charge in [-0.05, 0) is 46.6 Å². The Bertz CT molecular complexity index is 822. The Hall–Kier alpha value is -1.77. The van der Waals surface area contributed by atoms with E-state index in [0.29, 0.717) is 5.56 Å². The first kappa shape index (κ1) is 17.6. The molecule has 0 aliphatic carbocycles. The highest BCUT2D eigenvalue weighted by atomic mass is 79.9. The number of pyridine rings is 1. The predicted molar refractivity (Wildman–Crippen MR) is 90.3 cm³/mol. The predicted octanol–water partition coefficient (Wildman–Crippen LogP) is 2.32. The van der Waals surface area contributed by atoms with Crippen molar-refractivity contribution >= 4 is 31.9 Å². The minimum Gasteiger partial charge on any atom is -0.335 e. The molecule has 0 fully saturated rings. The first-order valence-electron chi connectivity index (χ1n) is 6.70. The molecule has 0 aliphatic heterocycles. The summed E-state index contributed by atoms with van der Waals surface area (Å²) in [6.45, 7) is 1.86. The highest BCUT2D eigenvalue weighted by molar-refractivity contribution is 9.10. The van der Waals surface area contributed by atoms with Crippen LogP contribution in [0, 0.1) is 0 Å². The van der Waals surface area contributed by atoms with E-state index in [1.165, 1.54) is 18.3 Å². The molecule has 6 nitrogen and oxygen atoms in total. The zero-order chi connectivity index (χ0) is 17.2. The Morgan fingerprint density at radius 1 is 1.26 bits per heavy atom. The number of rotatable bonds is 4. The number of benzene rings is 1. The molecule has 0 aliphatic rings. The van der Waals surface area contributed by atoms with E-state index in [4.69, 9.17) is 5.14 Å². The maximum Gasteiger partial charge on any atom is 0.255 e. The molecule has 1 amide bonds. The first-order chi connectivity index (χ1) is 10.7. The molecule has 0 unspecified atom stereocenters. The molecule has 1 aromatic heterocycles. The zero-order valence-corrected chi connectivity index (χ0v) is 15.0. The van der Waals surface area contributed by atoms with Crippen molar-refractivity contribution in [2.24, 2.45) is 5.14 Å². The van der Waals surface area contributed by atoms with Crippen LogP contribution in [0.5, 0.6) is 0 Å². The van der Waals surface area contributed by atoms with Gasteiger partial charge in [-0.15, -0.1) is 0 Å². The van der Waals surface area contributed by atoms with Crippen molar-refractivity contribution in [2.75, 3.05) is 7.05 Å². The lowest BCUT2D eigenvalue weighted by Crippen LogP contribution is -2.29. The van der Waals surface area contributed by atoms with Crippen LogP contribution in [0.1, 0.15) is 28.9 Å². The van der Waals surface area contributed by atoms with E-state index in [1.807, 2.05) is 6.92 Å². The fraction of sp³-hybridized carbons (Fsp3) is 0.200. The van der Waals surface area contributed by atoms with Crippen LogP contribution in [-0.4, -0.2) is 31.3 Å². The summed E-state index contributed by atoms with van der Waals surface area (Å²) < 4.78 is 23.3. The van der Waals surface area contributed by atoms with E-state index in [-0.39, 0.29) is 16.8 Å². The number of hydrogen-bond acceptors (Lipinski definition) is 4. The third kappa shape index (κ3) is 4.15. The lowest BCUT2D eigenvalue weighted by atomic mass is 10.1. The number of amides is 1. The fourth-order valence-corrected chi connectivity index (χ4v) is 2.95. The SMILES string of the molecule is C[C@@H](c1ccc(S(N)(=O)=O)cc1)N(C)C(=O)c1cncc(Br)c1. The maximum atomic E-state index is 12.5. The van der Waals surface area contributed by atoms with Gasteiger partial charge in [-0.1, -0.05) is 12.1 Å². The molecule has 0 saturated carbocycles. The van der Waals surface area contributed by atoms with Crippen molar-refractivity contribution in [1.82, 2.24) is 9.88 Å².